The molecule has 0 aromatic heterocycles. The summed E-state index contributed by atoms with van der Waals surface area (Å²) < 4.78 is 5.01. The number of carbonyl (C=O) groups excluding carboxylic acids is 2. The molecule has 0 aromatic rings. The van der Waals surface area contributed by atoms with E-state index in [0.717, 1.165) is 6.42 Å². The first kappa shape index (κ1) is 14.0. The Balaban J connectivity index is 2.78. The second kappa shape index (κ2) is 5.07. The maximum Gasteiger partial charge on any atom is 0.416 e. The first-order chi connectivity index (χ1) is 7.77. The average molecular weight is 241 g/mol. The van der Waals surface area contributed by atoms with Crippen LogP contribution in [0.2, 0.25) is 0 Å². The van der Waals surface area contributed by atoms with E-state index in [4.69, 9.17) is 4.74 Å². The van der Waals surface area contributed by atoms with Gasteiger partial charge in [0.2, 0.25) is 5.91 Å². The zero-order valence-corrected chi connectivity index (χ0v) is 11.4. The zero-order valence-electron chi connectivity index (χ0n) is 11.4. The lowest BCUT2D eigenvalue weighted by atomic mass is 9.86. The molecular formula is C13H23NO3. The molecule has 1 saturated heterocycles. The summed E-state index contributed by atoms with van der Waals surface area (Å²) in [5.41, 5.74) is -0.142. The van der Waals surface area contributed by atoms with Gasteiger partial charge in [0.1, 0.15) is 6.61 Å². The molecule has 1 fully saturated rings. The summed E-state index contributed by atoms with van der Waals surface area (Å²) in [6.45, 7) is 10.4. The van der Waals surface area contributed by atoms with E-state index >= 15 is 0 Å². The van der Waals surface area contributed by atoms with Crippen LogP contribution in [0.1, 0.15) is 47.5 Å². The van der Waals surface area contributed by atoms with E-state index in [1.807, 2.05) is 34.6 Å². The van der Waals surface area contributed by atoms with Crippen molar-refractivity contribution in [3.63, 3.8) is 0 Å². The van der Waals surface area contributed by atoms with Gasteiger partial charge in [-0.1, -0.05) is 41.0 Å². The Bertz CT molecular complexity index is 306. The van der Waals surface area contributed by atoms with Crippen molar-refractivity contribution >= 4 is 12.0 Å². The minimum atomic E-state index is -0.488. The summed E-state index contributed by atoms with van der Waals surface area (Å²) in [5.74, 6) is 0.193. The molecule has 0 unspecified atom stereocenters. The number of ether oxygens (including phenoxy) is 1. The van der Waals surface area contributed by atoms with Gasteiger partial charge in [0.15, 0.2) is 0 Å². The van der Waals surface area contributed by atoms with Crippen LogP contribution in [0.4, 0.5) is 4.79 Å². The average Bonchev–Trinajstić information content (AvgIpc) is 2.59. The van der Waals surface area contributed by atoms with Gasteiger partial charge in [0, 0.05) is 6.42 Å². The zero-order chi connectivity index (χ0) is 13.2. The number of nitrogens with zero attached hydrogens (tertiary/aromatic N) is 1. The van der Waals surface area contributed by atoms with Crippen LogP contribution < -0.4 is 0 Å². The smallest absolute Gasteiger partial charge is 0.416 e. The lowest BCUT2D eigenvalue weighted by molar-refractivity contribution is -0.131. The molecule has 2 amide bonds. The predicted octanol–water partition coefficient (Wildman–Crippen LogP) is 2.82. The number of hydrogen-bond acceptors (Lipinski definition) is 3. The largest absolute Gasteiger partial charge is 0.447 e. The summed E-state index contributed by atoms with van der Waals surface area (Å²) in [7, 11) is 0. The fourth-order valence-electron chi connectivity index (χ4n) is 1.88. The SMILES string of the molecule is CC[C@@H](C)CC(=O)N1C(=O)OC[C@@H]1C(C)(C)C. The van der Waals surface area contributed by atoms with Crippen LogP contribution in [0.5, 0.6) is 0 Å². The molecule has 4 nitrogen and oxygen atoms in total. The van der Waals surface area contributed by atoms with Crippen molar-refractivity contribution < 1.29 is 14.3 Å². The van der Waals surface area contributed by atoms with Crippen LogP contribution in [0, 0.1) is 11.3 Å². The van der Waals surface area contributed by atoms with E-state index in [0.29, 0.717) is 18.9 Å². The van der Waals surface area contributed by atoms with Gasteiger partial charge in [0.25, 0.3) is 0 Å². The fourth-order valence-corrected chi connectivity index (χ4v) is 1.88. The highest BCUT2D eigenvalue weighted by Crippen LogP contribution is 2.30. The lowest BCUT2D eigenvalue weighted by Gasteiger charge is -2.31. The van der Waals surface area contributed by atoms with Gasteiger partial charge in [-0.3, -0.25) is 4.79 Å². The molecule has 0 radical (unpaired) electrons. The van der Waals surface area contributed by atoms with Crippen LogP contribution in [-0.4, -0.2) is 29.5 Å². The maximum atomic E-state index is 12.1. The molecule has 0 bridgehead atoms. The van der Waals surface area contributed by atoms with Crippen LogP contribution in [0.15, 0.2) is 0 Å². The third-order valence-corrected chi connectivity index (χ3v) is 3.36. The van der Waals surface area contributed by atoms with E-state index in [1.54, 1.807) is 0 Å². The van der Waals surface area contributed by atoms with Gasteiger partial charge in [0.05, 0.1) is 6.04 Å². The summed E-state index contributed by atoms with van der Waals surface area (Å²) in [4.78, 5) is 25.0. The summed E-state index contributed by atoms with van der Waals surface area (Å²) >= 11 is 0. The van der Waals surface area contributed by atoms with Gasteiger partial charge in [-0.15, -0.1) is 0 Å². The molecule has 2 atom stereocenters. The highest BCUT2D eigenvalue weighted by atomic mass is 16.6. The van der Waals surface area contributed by atoms with Crippen molar-refractivity contribution in [3.8, 4) is 0 Å². The fraction of sp³-hybridized carbons (Fsp3) is 0.846. The Morgan fingerprint density at radius 2 is 2.12 bits per heavy atom. The molecule has 0 spiro atoms. The predicted molar refractivity (Wildman–Crippen MR) is 65.5 cm³/mol. The number of rotatable bonds is 3. The third kappa shape index (κ3) is 3.20. The van der Waals surface area contributed by atoms with Crippen molar-refractivity contribution in [2.45, 2.75) is 53.5 Å². The number of imide groups is 1. The summed E-state index contributed by atoms with van der Waals surface area (Å²) in [5, 5.41) is 0. The second-order valence-corrected chi connectivity index (χ2v) is 5.94. The van der Waals surface area contributed by atoms with Gasteiger partial charge >= 0.3 is 6.09 Å². The second-order valence-electron chi connectivity index (χ2n) is 5.94. The van der Waals surface area contributed by atoms with Gasteiger partial charge < -0.3 is 4.74 Å². The van der Waals surface area contributed by atoms with Gasteiger partial charge in [-0.25, -0.2) is 9.69 Å². The lowest BCUT2D eigenvalue weighted by Crippen LogP contribution is -2.46. The van der Waals surface area contributed by atoms with Gasteiger partial charge in [-0.2, -0.15) is 0 Å². The standard InChI is InChI=1S/C13H23NO3/c1-6-9(2)7-11(15)14-10(13(3,4)5)8-17-12(14)16/h9-10H,6-8H2,1-5H3/t9-,10-/m1/s1. The quantitative estimate of drug-likeness (QED) is 0.763. The molecule has 0 N–H and O–H groups in total. The number of hydrogen-bond donors (Lipinski definition) is 0. The minimum absolute atomic E-state index is 0.109. The van der Waals surface area contributed by atoms with Gasteiger partial charge in [-0.05, 0) is 11.3 Å². The number of cyclic esters (lactones) is 1. The summed E-state index contributed by atoms with van der Waals surface area (Å²) in [6.07, 6.45) is 0.866. The third-order valence-electron chi connectivity index (χ3n) is 3.36. The molecule has 1 aliphatic rings. The van der Waals surface area contributed by atoms with E-state index in [-0.39, 0.29) is 17.4 Å². The molecule has 4 heteroatoms. The van der Waals surface area contributed by atoms with Crippen LogP contribution in [0.3, 0.4) is 0 Å². The van der Waals surface area contributed by atoms with Crippen LogP contribution in [-0.2, 0) is 9.53 Å². The number of carbonyl (C=O) groups is 2. The van der Waals surface area contributed by atoms with Crippen molar-refractivity contribution in [1.29, 1.82) is 0 Å². The monoisotopic (exact) mass is 241 g/mol. The van der Waals surface area contributed by atoms with Crippen molar-refractivity contribution in [2.24, 2.45) is 11.3 Å². The van der Waals surface area contributed by atoms with E-state index in [2.05, 4.69) is 0 Å². The molecule has 1 heterocycles. The molecular weight excluding hydrogens is 218 g/mol. The van der Waals surface area contributed by atoms with Crippen LogP contribution >= 0.6 is 0 Å². The van der Waals surface area contributed by atoms with E-state index in [9.17, 15) is 9.59 Å². The maximum absolute atomic E-state index is 12.1. The Labute approximate surface area is 103 Å². The van der Waals surface area contributed by atoms with Crippen LogP contribution in [0.25, 0.3) is 0 Å². The normalized spacial score (nSPS) is 22.5. The molecule has 0 aromatic carbocycles. The van der Waals surface area contributed by atoms with E-state index in [1.165, 1.54) is 4.90 Å². The number of amides is 2. The Morgan fingerprint density at radius 3 is 2.59 bits per heavy atom. The van der Waals surface area contributed by atoms with Crippen molar-refractivity contribution in [3.05, 3.63) is 0 Å². The minimum Gasteiger partial charge on any atom is -0.447 e. The van der Waals surface area contributed by atoms with Crippen molar-refractivity contribution in [1.82, 2.24) is 4.90 Å². The molecule has 0 aliphatic carbocycles. The first-order valence-corrected chi connectivity index (χ1v) is 6.26. The molecule has 98 valence electrons. The Hall–Kier alpha value is -1.06. The Morgan fingerprint density at radius 1 is 1.53 bits per heavy atom. The Kier molecular flexibility index (Phi) is 4.17. The molecule has 17 heavy (non-hydrogen) atoms. The highest BCUT2D eigenvalue weighted by Gasteiger charge is 2.43. The molecule has 1 aliphatic heterocycles. The summed E-state index contributed by atoms with van der Waals surface area (Å²) in [6, 6.07) is -0.147. The molecule has 1 rings (SSSR count). The first-order valence-electron chi connectivity index (χ1n) is 6.26. The highest BCUT2D eigenvalue weighted by molar-refractivity contribution is 5.93. The van der Waals surface area contributed by atoms with Crippen molar-refractivity contribution in [2.75, 3.05) is 6.61 Å². The van der Waals surface area contributed by atoms with E-state index < -0.39 is 6.09 Å². The molecule has 0 saturated carbocycles. The topological polar surface area (TPSA) is 46.6 Å².